The van der Waals surface area contributed by atoms with Crippen LogP contribution >= 0.6 is 15.9 Å². The minimum absolute atomic E-state index is 0.119. The highest BCUT2D eigenvalue weighted by molar-refractivity contribution is 9.10. The molecule has 0 spiro atoms. The molecule has 1 rings (SSSR count). The second-order valence-corrected chi connectivity index (χ2v) is 3.73. The lowest BCUT2D eigenvalue weighted by Gasteiger charge is -2.22. The van der Waals surface area contributed by atoms with E-state index >= 15 is 0 Å². The van der Waals surface area contributed by atoms with E-state index in [0.717, 1.165) is 19.3 Å². The number of carboxylic acids is 1. The van der Waals surface area contributed by atoms with Gasteiger partial charge in [-0.25, -0.2) is 0 Å². The highest BCUT2D eigenvalue weighted by Gasteiger charge is 2.18. The maximum absolute atomic E-state index is 10.4. The molecule has 2 unspecified atom stereocenters. The van der Waals surface area contributed by atoms with Gasteiger partial charge < -0.3 is 9.90 Å². The highest BCUT2D eigenvalue weighted by atomic mass is 79.9. The smallest absolute Gasteiger partial charge is 0.0603 e. The van der Waals surface area contributed by atoms with Gasteiger partial charge in [-0.15, -0.1) is 0 Å². The summed E-state index contributed by atoms with van der Waals surface area (Å²) in [5.41, 5.74) is 0. The Morgan fingerprint density at radius 3 is 2.91 bits per heavy atom. The maximum Gasteiger partial charge on any atom is 0.0603 e. The molecule has 0 saturated carbocycles. The second-order valence-electron chi connectivity index (χ2n) is 2.74. The lowest BCUT2D eigenvalue weighted by atomic mass is 9.93. The van der Waals surface area contributed by atoms with Gasteiger partial charge in [-0.3, -0.25) is 0 Å². The van der Waals surface area contributed by atoms with Gasteiger partial charge >= 0.3 is 0 Å². The quantitative estimate of drug-likeness (QED) is 0.509. The Morgan fingerprint density at radius 2 is 2.45 bits per heavy atom. The summed E-state index contributed by atoms with van der Waals surface area (Å²) in [6, 6.07) is 0. The van der Waals surface area contributed by atoms with Gasteiger partial charge in [-0.05, 0) is 25.2 Å². The first-order valence-corrected chi connectivity index (χ1v) is 4.65. The standard InChI is InChI=1S/C8H11BrO2/c9-7(8(10)11)6-4-2-1-3-5-6/h2,4,6-7H,1,3,5H2,(H,10,11)/p-1. The molecule has 0 N–H and O–H groups in total. The molecule has 1 aliphatic carbocycles. The van der Waals surface area contributed by atoms with Gasteiger partial charge in [-0.2, -0.15) is 0 Å². The fourth-order valence-electron chi connectivity index (χ4n) is 1.26. The van der Waals surface area contributed by atoms with Gasteiger partial charge in [0.2, 0.25) is 0 Å². The Kier molecular flexibility index (Phi) is 3.12. The number of allylic oxidation sites excluding steroid dienone is 2. The molecular weight excluding hydrogens is 208 g/mol. The summed E-state index contributed by atoms with van der Waals surface area (Å²) in [6.07, 6.45) is 7.09. The van der Waals surface area contributed by atoms with Crippen LogP contribution in [0.4, 0.5) is 0 Å². The summed E-state index contributed by atoms with van der Waals surface area (Å²) >= 11 is 3.09. The van der Waals surface area contributed by atoms with Crippen molar-refractivity contribution in [2.75, 3.05) is 0 Å². The van der Waals surface area contributed by atoms with E-state index in [1.54, 1.807) is 0 Å². The molecular formula is C8H10BrO2-. The summed E-state index contributed by atoms with van der Waals surface area (Å²) in [5, 5.41) is 10.4. The third-order valence-corrected chi connectivity index (χ3v) is 2.95. The minimum atomic E-state index is -1.01. The molecule has 11 heavy (non-hydrogen) atoms. The van der Waals surface area contributed by atoms with E-state index in [1.807, 2.05) is 12.2 Å². The van der Waals surface area contributed by atoms with E-state index < -0.39 is 10.8 Å². The molecule has 0 aromatic heterocycles. The van der Waals surface area contributed by atoms with E-state index in [4.69, 9.17) is 0 Å². The van der Waals surface area contributed by atoms with Crippen molar-refractivity contribution in [3.63, 3.8) is 0 Å². The van der Waals surface area contributed by atoms with Crippen molar-refractivity contribution in [1.29, 1.82) is 0 Å². The molecule has 0 aromatic carbocycles. The number of rotatable bonds is 2. The minimum Gasteiger partial charge on any atom is -0.549 e. The first-order valence-electron chi connectivity index (χ1n) is 3.73. The lowest BCUT2D eigenvalue weighted by molar-refractivity contribution is -0.305. The summed E-state index contributed by atoms with van der Waals surface area (Å²) in [4.78, 5) is 9.89. The summed E-state index contributed by atoms with van der Waals surface area (Å²) < 4.78 is 0. The number of hydrogen-bond acceptors (Lipinski definition) is 2. The van der Waals surface area contributed by atoms with Crippen LogP contribution in [0.2, 0.25) is 0 Å². The van der Waals surface area contributed by atoms with Crippen LogP contribution in [0, 0.1) is 5.92 Å². The number of carboxylic acid groups (broad SMARTS) is 1. The van der Waals surface area contributed by atoms with Crippen molar-refractivity contribution in [2.24, 2.45) is 5.92 Å². The Labute approximate surface area is 74.4 Å². The highest BCUT2D eigenvalue weighted by Crippen LogP contribution is 2.24. The fraction of sp³-hybridized carbons (Fsp3) is 0.625. The lowest BCUT2D eigenvalue weighted by Crippen LogP contribution is -2.36. The summed E-state index contributed by atoms with van der Waals surface area (Å²) in [6.45, 7) is 0. The number of alkyl halides is 1. The molecule has 0 heterocycles. The van der Waals surface area contributed by atoms with Gasteiger partial charge in [-0.1, -0.05) is 28.1 Å². The monoisotopic (exact) mass is 217 g/mol. The predicted molar refractivity (Wildman–Crippen MR) is 44.2 cm³/mol. The van der Waals surface area contributed by atoms with Crippen LogP contribution in [0.3, 0.4) is 0 Å². The Balaban J connectivity index is 2.52. The zero-order valence-electron chi connectivity index (χ0n) is 6.13. The topological polar surface area (TPSA) is 40.1 Å². The molecule has 0 amide bonds. The number of aliphatic carboxylic acids is 1. The molecule has 0 fully saturated rings. The van der Waals surface area contributed by atoms with Crippen LogP contribution in [0.15, 0.2) is 12.2 Å². The van der Waals surface area contributed by atoms with E-state index in [0.29, 0.717) is 0 Å². The Hall–Kier alpha value is -0.310. The van der Waals surface area contributed by atoms with Gasteiger partial charge in [0.15, 0.2) is 0 Å². The van der Waals surface area contributed by atoms with Crippen LogP contribution in [-0.4, -0.2) is 10.8 Å². The van der Waals surface area contributed by atoms with Crippen molar-refractivity contribution < 1.29 is 9.90 Å². The number of carbonyl (C=O) groups excluding carboxylic acids is 1. The van der Waals surface area contributed by atoms with E-state index in [-0.39, 0.29) is 5.92 Å². The van der Waals surface area contributed by atoms with E-state index in [2.05, 4.69) is 15.9 Å². The molecule has 3 heteroatoms. The normalized spacial score (nSPS) is 26.5. The van der Waals surface area contributed by atoms with Crippen molar-refractivity contribution in [1.82, 2.24) is 0 Å². The summed E-state index contributed by atoms with van der Waals surface area (Å²) in [5.74, 6) is -0.893. The van der Waals surface area contributed by atoms with Crippen LogP contribution < -0.4 is 5.11 Å². The van der Waals surface area contributed by atoms with Gasteiger partial charge in [0.1, 0.15) is 0 Å². The Bertz CT molecular complexity index is 177. The third kappa shape index (κ3) is 2.33. The van der Waals surface area contributed by atoms with Crippen molar-refractivity contribution in [3.8, 4) is 0 Å². The number of hydrogen-bond donors (Lipinski definition) is 0. The first-order chi connectivity index (χ1) is 5.22. The number of carbonyl (C=O) groups is 1. The molecule has 1 aliphatic rings. The molecule has 62 valence electrons. The predicted octanol–water partition coefficient (Wildman–Crippen LogP) is 0.856. The van der Waals surface area contributed by atoms with Crippen LogP contribution in [0.5, 0.6) is 0 Å². The van der Waals surface area contributed by atoms with Crippen LogP contribution in [-0.2, 0) is 4.79 Å². The average Bonchev–Trinajstić information content (AvgIpc) is 2.05. The maximum atomic E-state index is 10.4. The molecule has 0 aromatic rings. The van der Waals surface area contributed by atoms with Gasteiger partial charge in [0.25, 0.3) is 0 Å². The van der Waals surface area contributed by atoms with E-state index in [9.17, 15) is 9.90 Å². The zero-order chi connectivity index (χ0) is 8.27. The fourth-order valence-corrected chi connectivity index (χ4v) is 1.70. The third-order valence-electron chi connectivity index (χ3n) is 1.89. The molecule has 0 radical (unpaired) electrons. The SMILES string of the molecule is O=C([O-])C(Br)C1C=CCCC1. The van der Waals surface area contributed by atoms with Crippen molar-refractivity contribution >= 4 is 21.9 Å². The van der Waals surface area contributed by atoms with Crippen molar-refractivity contribution in [2.45, 2.75) is 24.1 Å². The zero-order valence-corrected chi connectivity index (χ0v) is 7.71. The molecule has 0 bridgehead atoms. The average molecular weight is 218 g/mol. The van der Waals surface area contributed by atoms with Crippen LogP contribution in [0.25, 0.3) is 0 Å². The second kappa shape index (κ2) is 3.90. The first kappa shape index (κ1) is 8.78. The summed E-state index contributed by atoms with van der Waals surface area (Å²) in [7, 11) is 0. The molecule has 2 atom stereocenters. The van der Waals surface area contributed by atoms with Gasteiger partial charge in [0, 0.05) is 0 Å². The largest absolute Gasteiger partial charge is 0.549 e. The van der Waals surface area contributed by atoms with Gasteiger partial charge in [0.05, 0.1) is 10.8 Å². The van der Waals surface area contributed by atoms with Crippen molar-refractivity contribution in [3.05, 3.63) is 12.2 Å². The Morgan fingerprint density at radius 1 is 1.73 bits per heavy atom. The van der Waals surface area contributed by atoms with Crippen LogP contribution in [0.1, 0.15) is 19.3 Å². The number of halogens is 1. The molecule has 2 nitrogen and oxygen atoms in total. The van der Waals surface area contributed by atoms with E-state index in [1.165, 1.54) is 0 Å². The molecule has 0 saturated heterocycles. The molecule has 0 aliphatic heterocycles.